The number of sulfonamides is 1. The minimum absolute atomic E-state index is 0.0125. The zero-order chi connectivity index (χ0) is 22.9. The lowest BCUT2D eigenvalue weighted by Gasteiger charge is -2.14. The number of ketones is 1. The number of nitrogens with one attached hydrogen (secondary N) is 1. The summed E-state index contributed by atoms with van der Waals surface area (Å²) in [6.07, 6.45) is 3.82. The number of hydrogen-bond donors (Lipinski definition) is 1. The molecule has 0 fully saturated rings. The zero-order valence-electron chi connectivity index (χ0n) is 17.6. The molecule has 0 aliphatic heterocycles. The van der Waals surface area contributed by atoms with Gasteiger partial charge in [0.25, 0.3) is 15.9 Å². The van der Waals surface area contributed by atoms with Crippen LogP contribution in [0, 0.1) is 0 Å². The number of anilines is 1. The Hall–Kier alpha value is -2.37. The quantitative estimate of drug-likeness (QED) is 0.393. The maximum absolute atomic E-state index is 13.2. The van der Waals surface area contributed by atoms with Gasteiger partial charge in [0.2, 0.25) is 5.78 Å². The molecule has 2 heterocycles. The van der Waals surface area contributed by atoms with Crippen LogP contribution in [0.3, 0.4) is 0 Å². The summed E-state index contributed by atoms with van der Waals surface area (Å²) < 4.78 is 25.4. The molecule has 0 bridgehead atoms. The Labute approximate surface area is 194 Å². The fourth-order valence-corrected chi connectivity index (χ4v) is 6.55. The van der Waals surface area contributed by atoms with Crippen molar-refractivity contribution in [3.05, 3.63) is 68.2 Å². The van der Waals surface area contributed by atoms with Crippen molar-refractivity contribution in [2.24, 2.45) is 0 Å². The summed E-state index contributed by atoms with van der Waals surface area (Å²) in [6.45, 7) is 0. The van der Waals surface area contributed by atoms with Crippen molar-refractivity contribution >= 4 is 49.4 Å². The molecule has 4 rings (SSSR count). The van der Waals surface area contributed by atoms with Gasteiger partial charge >= 0.3 is 0 Å². The van der Waals surface area contributed by atoms with Crippen LogP contribution in [0.15, 0.2) is 46.7 Å². The maximum Gasteiger partial charge on any atom is 0.264 e. The second-order valence-electron chi connectivity index (χ2n) is 7.30. The maximum atomic E-state index is 13.2. The van der Waals surface area contributed by atoms with E-state index in [0.29, 0.717) is 21.0 Å². The summed E-state index contributed by atoms with van der Waals surface area (Å²) in [5.41, 5.74) is 1.92. The Kier molecular flexibility index (Phi) is 6.59. The number of fused-ring (bicyclic) bond motifs is 1. The molecule has 3 aromatic rings. The van der Waals surface area contributed by atoms with Crippen molar-refractivity contribution < 1.29 is 22.8 Å². The number of amides is 1. The molecule has 1 aliphatic rings. The number of thiophene rings is 2. The number of carbonyl (C=O) groups is 2. The third kappa shape index (κ3) is 4.28. The van der Waals surface area contributed by atoms with Gasteiger partial charge in [-0.15, -0.1) is 22.7 Å². The van der Waals surface area contributed by atoms with Gasteiger partial charge in [-0.25, -0.2) is 8.42 Å². The molecule has 1 N–H and O–H groups in total. The fraction of sp³-hybridized carbons (Fsp3) is 0.273. The van der Waals surface area contributed by atoms with Gasteiger partial charge in [0, 0.05) is 17.5 Å². The molecule has 1 amide bonds. The van der Waals surface area contributed by atoms with Crippen molar-refractivity contribution in [3.63, 3.8) is 0 Å². The lowest BCUT2D eigenvalue weighted by molar-refractivity contribution is -0.0258. The predicted octanol–water partition coefficient (Wildman–Crippen LogP) is 4.35. The first-order valence-corrected chi connectivity index (χ1v) is 13.1. The molecule has 1 aromatic carbocycles. The number of hydroxylamine groups is 1. The Balaban J connectivity index is 1.62. The molecule has 0 saturated heterocycles. The highest BCUT2D eigenvalue weighted by Gasteiger charge is 2.28. The normalized spacial score (nSPS) is 13.7. The van der Waals surface area contributed by atoms with E-state index in [-0.39, 0.29) is 10.7 Å². The van der Waals surface area contributed by atoms with Gasteiger partial charge < -0.3 is 5.32 Å². The number of carbonyl (C=O) groups excluding carboxylic acids is 2. The van der Waals surface area contributed by atoms with Crippen LogP contribution < -0.4 is 5.32 Å². The monoisotopic (exact) mass is 490 g/mol. The number of rotatable bonds is 7. The van der Waals surface area contributed by atoms with Gasteiger partial charge in [0.05, 0.1) is 22.4 Å². The van der Waals surface area contributed by atoms with Gasteiger partial charge in [-0.1, -0.05) is 10.5 Å². The van der Waals surface area contributed by atoms with Gasteiger partial charge in [0.15, 0.2) is 0 Å². The minimum atomic E-state index is -3.80. The van der Waals surface area contributed by atoms with Gasteiger partial charge in [0.1, 0.15) is 5.00 Å². The van der Waals surface area contributed by atoms with Gasteiger partial charge in [-0.2, -0.15) is 0 Å². The van der Waals surface area contributed by atoms with Crippen molar-refractivity contribution in [3.8, 4) is 0 Å². The van der Waals surface area contributed by atoms with Gasteiger partial charge in [-0.05, 0) is 67.0 Å². The standard InChI is InChI=1S/C22H22N2O5S3/c1-24(29-2)32(27,28)15-11-9-14(10-12-15)21(26)23-22-19(20(25)18-8-5-13-30-18)16-6-3-4-7-17(16)31-22/h5,8-13H,3-4,6-7H2,1-2H3,(H,23,26). The van der Waals surface area contributed by atoms with Crippen molar-refractivity contribution in [1.82, 2.24) is 4.47 Å². The molecule has 0 saturated carbocycles. The fourth-order valence-electron chi connectivity index (χ4n) is 3.63. The van der Waals surface area contributed by atoms with Crippen LogP contribution in [0.25, 0.3) is 0 Å². The Morgan fingerprint density at radius 1 is 1.09 bits per heavy atom. The summed E-state index contributed by atoms with van der Waals surface area (Å²) in [5.74, 6) is -0.466. The smallest absolute Gasteiger partial charge is 0.264 e. The first-order chi connectivity index (χ1) is 15.3. The number of hydrogen-bond acceptors (Lipinski definition) is 7. The average molecular weight is 491 g/mol. The number of nitrogens with zero attached hydrogens (tertiary/aromatic N) is 1. The largest absolute Gasteiger partial charge is 0.313 e. The molecule has 2 aromatic heterocycles. The third-order valence-electron chi connectivity index (χ3n) is 5.38. The number of benzene rings is 1. The highest BCUT2D eigenvalue weighted by atomic mass is 32.2. The lowest BCUT2D eigenvalue weighted by Crippen LogP contribution is -2.25. The summed E-state index contributed by atoms with van der Waals surface area (Å²) in [6, 6.07) is 9.24. The highest BCUT2D eigenvalue weighted by Crippen LogP contribution is 2.40. The topological polar surface area (TPSA) is 92.8 Å². The van der Waals surface area contributed by atoms with E-state index in [1.54, 1.807) is 6.07 Å². The van der Waals surface area contributed by atoms with Crippen LogP contribution in [0.2, 0.25) is 0 Å². The summed E-state index contributed by atoms with van der Waals surface area (Å²) in [5, 5.41) is 5.31. The first kappa shape index (κ1) is 22.8. The van der Waals surface area contributed by atoms with Crippen LogP contribution in [0.1, 0.15) is 48.9 Å². The Bertz CT molecular complexity index is 1250. The van der Waals surface area contributed by atoms with Crippen molar-refractivity contribution in [1.29, 1.82) is 0 Å². The second-order valence-corrected chi connectivity index (χ2v) is 11.3. The highest BCUT2D eigenvalue weighted by molar-refractivity contribution is 7.89. The summed E-state index contributed by atoms with van der Waals surface area (Å²) in [4.78, 5) is 32.7. The van der Waals surface area contributed by atoms with Crippen LogP contribution >= 0.6 is 22.7 Å². The molecule has 7 nitrogen and oxygen atoms in total. The summed E-state index contributed by atoms with van der Waals surface area (Å²) in [7, 11) is -1.25. The molecule has 168 valence electrons. The van der Waals surface area contributed by atoms with E-state index in [4.69, 9.17) is 4.84 Å². The predicted molar refractivity (Wildman–Crippen MR) is 125 cm³/mol. The molecule has 0 spiro atoms. The molecule has 0 atom stereocenters. The zero-order valence-corrected chi connectivity index (χ0v) is 20.0. The van der Waals surface area contributed by atoms with Crippen LogP contribution in [-0.4, -0.2) is 38.7 Å². The van der Waals surface area contributed by atoms with E-state index in [1.807, 2.05) is 11.4 Å². The first-order valence-electron chi connectivity index (χ1n) is 10.00. The van der Waals surface area contributed by atoms with E-state index in [1.165, 1.54) is 61.1 Å². The SMILES string of the molecule is CON(C)S(=O)(=O)c1ccc(C(=O)Nc2sc3c(c2C(=O)c2cccs2)CCCC3)cc1. The molecular weight excluding hydrogens is 468 g/mol. The van der Waals surface area contributed by atoms with Crippen LogP contribution in [-0.2, 0) is 27.7 Å². The Morgan fingerprint density at radius 3 is 2.47 bits per heavy atom. The van der Waals surface area contributed by atoms with E-state index >= 15 is 0 Å². The van der Waals surface area contributed by atoms with Crippen LogP contribution in [0.4, 0.5) is 5.00 Å². The van der Waals surface area contributed by atoms with E-state index in [9.17, 15) is 18.0 Å². The summed E-state index contributed by atoms with van der Waals surface area (Å²) >= 11 is 2.84. The van der Waals surface area contributed by atoms with Crippen molar-refractivity contribution in [2.45, 2.75) is 30.6 Å². The van der Waals surface area contributed by atoms with E-state index in [2.05, 4.69) is 5.32 Å². The van der Waals surface area contributed by atoms with Crippen LogP contribution in [0.5, 0.6) is 0 Å². The van der Waals surface area contributed by atoms with Crippen molar-refractivity contribution in [2.75, 3.05) is 19.5 Å². The second kappa shape index (κ2) is 9.24. The third-order valence-corrected chi connectivity index (χ3v) is 9.15. The molecule has 10 heteroatoms. The molecule has 32 heavy (non-hydrogen) atoms. The number of aryl methyl sites for hydroxylation is 1. The van der Waals surface area contributed by atoms with E-state index in [0.717, 1.165) is 40.6 Å². The van der Waals surface area contributed by atoms with Gasteiger partial charge in [-0.3, -0.25) is 14.4 Å². The van der Waals surface area contributed by atoms with E-state index < -0.39 is 15.9 Å². The molecular formula is C22H22N2O5S3. The minimum Gasteiger partial charge on any atom is -0.313 e. The average Bonchev–Trinajstić information content (AvgIpc) is 3.46. The Morgan fingerprint density at radius 2 is 1.81 bits per heavy atom. The molecule has 0 unspecified atom stereocenters. The lowest BCUT2D eigenvalue weighted by atomic mass is 9.93. The molecule has 0 radical (unpaired) electrons. The molecule has 1 aliphatic carbocycles.